The van der Waals surface area contributed by atoms with Crippen molar-refractivity contribution in [1.29, 1.82) is 0 Å². The number of aryl methyl sites for hydroxylation is 1. The molecule has 0 bridgehead atoms. The van der Waals surface area contributed by atoms with Crippen molar-refractivity contribution >= 4 is 22.9 Å². The van der Waals surface area contributed by atoms with Crippen molar-refractivity contribution in [2.24, 2.45) is 0 Å². The normalized spacial score (nSPS) is 15.4. The Bertz CT molecular complexity index is 591. The van der Waals surface area contributed by atoms with Crippen LogP contribution >= 0.6 is 11.3 Å². The zero-order chi connectivity index (χ0) is 13.9. The fourth-order valence-corrected chi connectivity index (χ4v) is 2.94. The van der Waals surface area contributed by atoms with E-state index in [0.717, 1.165) is 31.9 Å². The molecule has 3 rings (SSSR count). The van der Waals surface area contributed by atoms with Gasteiger partial charge in [0.2, 0.25) is 0 Å². The summed E-state index contributed by atoms with van der Waals surface area (Å²) in [7, 11) is 0. The number of thiazole rings is 1. The van der Waals surface area contributed by atoms with E-state index in [-0.39, 0.29) is 5.91 Å². The van der Waals surface area contributed by atoms with Crippen LogP contribution in [-0.4, -0.2) is 47.0 Å². The van der Waals surface area contributed by atoms with Gasteiger partial charge in [0.25, 0.3) is 5.91 Å². The van der Waals surface area contributed by atoms with Gasteiger partial charge in [0.05, 0.1) is 17.4 Å². The minimum Gasteiger partial charge on any atom is -0.367 e. The highest BCUT2D eigenvalue weighted by molar-refractivity contribution is 7.07. The molecule has 1 aliphatic rings. The number of anilines is 1. The lowest BCUT2D eigenvalue weighted by Gasteiger charge is -2.36. The van der Waals surface area contributed by atoms with Gasteiger partial charge in [0.15, 0.2) is 0 Å². The van der Waals surface area contributed by atoms with Crippen molar-refractivity contribution in [2.75, 3.05) is 31.1 Å². The van der Waals surface area contributed by atoms with E-state index in [2.05, 4.69) is 21.8 Å². The Labute approximate surface area is 121 Å². The van der Waals surface area contributed by atoms with Crippen LogP contribution in [0.3, 0.4) is 0 Å². The summed E-state index contributed by atoms with van der Waals surface area (Å²) in [6.45, 7) is 5.21. The van der Waals surface area contributed by atoms with Gasteiger partial charge in [-0.15, -0.1) is 11.3 Å². The average molecular weight is 288 g/mol. The first kappa shape index (κ1) is 13.1. The summed E-state index contributed by atoms with van der Waals surface area (Å²) >= 11 is 1.45. The van der Waals surface area contributed by atoms with Crippen molar-refractivity contribution in [1.82, 2.24) is 14.9 Å². The molecule has 6 heteroatoms. The quantitative estimate of drug-likeness (QED) is 0.845. The van der Waals surface area contributed by atoms with Gasteiger partial charge in [-0.3, -0.25) is 9.78 Å². The third kappa shape index (κ3) is 2.51. The highest BCUT2D eigenvalue weighted by Gasteiger charge is 2.23. The highest BCUT2D eigenvalue weighted by Crippen LogP contribution is 2.20. The third-order valence-corrected chi connectivity index (χ3v) is 4.16. The first-order chi connectivity index (χ1) is 9.75. The van der Waals surface area contributed by atoms with Crippen LogP contribution in [0, 0.1) is 6.92 Å². The fourth-order valence-electron chi connectivity index (χ4n) is 2.42. The Balaban J connectivity index is 1.65. The lowest BCUT2D eigenvalue weighted by atomic mass is 10.2. The number of carbonyl (C=O) groups excluding carboxylic acids is 1. The maximum Gasteiger partial charge on any atom is 0.273 e. The van der Waals surface area contributed by atoms with Gasteiger partial charge >= 0.3 is 0 Å². The molecule has 1 aliphatic heterocycles. The molecular formula is C14H16N4OS. The molecule has 3 heterocycles. The molecule has 0 atom stereocenters. The Kier molecular flexibility index (Phi) is 3.64. The zero-order valence-electron chi connectivity index (χ0n) is 11.3. The van der Waals surface area contributed by atoms with Gasteiger partial charge in [-0.25, -0.2) is 4.98 Å². The fraction of sp³-hybridized carbons (Fsp3) is 0.357. The highest BCUT2D eigenvalue weighted by atomic mass is 32.1. The average Bonchev–Trinajstić information content (AvgIpc) is 3.01. The molecule has 5 nitrogen and oxygen atoms in total. The van der Waals surface area contributed by atoms with Gasteiger partial charge in [-0.1, -0.05) is 0 Å². The Hall–Kier alpha value is -1.95. The zero-order valence-corrected chi connectivity index (χ0v) is 12.1. The number of pyridine rings is 1. The summed E-state index contributed by atoms with van der Waals surface area (Å²) in [6, 6.07) is 2.02. The first-order valence-electron chi connectivity index (χ1n) is 6.59. The van der Waals surface area contributed by atoms with Crippen molar-refractivity contribution in [3.8, 4) is 0 Å². The number of rotatable bonds is 2. The monoisotopic (exact) mass is 288 g/mol. The van der Waals surface area contributed by atoms with Gasteiger partial charge in [-0.05, 0) is 18.6 Å². The number of carbonyl (C=O) groups is 1. The van der Waals surface area contributed by atoms with Crippen molar-refractivity contribution in [2.45, 2.75) is 6.92 Å². The maximum atomic E-state index is 12.2. The second kappa shape index (κ2) is 5.58. The molecule has 0 radical (unpaired) electrons. The number of nitrogens with zero attached hydrogens (tertiary/aromatic N) is 4. The van der Waals surface area contributed by atoms with E-state index in [0.29, 0.717) is 5.69 Å². The molecule has 0 spiro atoms. The molecule has 1 saturated heterocycles. The molecule has 1 amide bonds. The summed E-state index contributed by atoms with van der Waals surface area (Å²) < 4.78 is 0. The molecule has 104 valence electrons. The van der Waals surface area contributed by atoms with Crippen LogP contribution in [0.2, 0.25) is 0 Å². The summed E-state index contributed by atoms with van der Waals surface area (Å²) in [5.41, 5.74) is 4.64. The minimum atomic E-state index is 0.0359. The molecule has 0 aromatic carbocycles. The number of aromatic nitrogens is 2. The van der Waals surface area contributed by atoms with E-state index in [1.54, 1.807) is 17.1 Å². The summed E-state index contributed by atoms with van der Waals surface area (Å²) in [6.07, 6.45) is 3.70. The molecule has 1 fully saturated rings. The van der Waals surface area contributed by atoms with E-state index < -0.39 is 0 Å². The number of piperazine rings is 1. The standard InChI is InChI=1S/C14H16N4OS/c1-11-2-3-15-8-13(11)17-4-6-18(7-5-17)14(19)12-9-20-10-16-12/h2-3,8-10H,4-7H2,1H3. The van der Waals surface area contributed by atoms with Crippen LogP contribution in [-0.2, 0) is 0 Å². The summed E-state index contributed by atoms with van der Waals surface area (Å²) in [4.78, 5) is 24.6. The van der Waals surface area contributed by atoms with E-state index in [4.69, 9.17) is 0 Å². The van der Waals surface area contributed by atoms with Crippen molar-refractivity contribution in [3.05, 3.63) is 40.6 Å². The lowest BCUT2D eigenvalue weighted by Crippen LogP contribution is -2.49. The topological polar surface area (TPSA) is 49.3 Å². The van der Waals surface area contributed by atoms with Gasteiger partial charge in [0.1, 0.15) is 5.69 Å². The minimum absolute atomic E-state index is 0.0359. The molecule has 0 unspecified atom stereocenters. The number of hydrogen-bond donors (Lipinski definition) is 0. The van der Waals surface area contributed by atoms with E-state index in [1.807, 2.05) is 17.2 Å². The molecule has 2 aromatic rings. The largest absolute Gasteiger partial charge is 0.367 e. The molecule has 0 saturated carbocycles. The van der Waals surface area contributed by atoms with Crippen molar-refractivity contribution < 1.29 is 4.79 Å². The Morgan fingerprint density at radius 2 is 2.10 bits per heavy atom. The lowest BCUT2D eigenvalue weighted by molar-refractivity contribution is 0.0741. The molecule has 20 heavy (non-hydrogen) atoms. The second-order valence-corrected chi connectivity index (χ2v) is 5.53. The van der Waals surface area contributed by atoms with E-state index >= 15 is 0 Å². The van der Waals surface area contributed by atoms with Crippen LogP contribution in [0.1, 0.15) is 16.1 Å². The molecule has 0 N–H and O–H groups in total. The number of amides is 1. The molecule has 2 aromatic heterocycles. The second-order valence-electron chi connectivity index (χ2n) is 4.82. The maximum absolute atomic E-state index is 12.2. The van der Waals surface area contributed by atoms with Gasteiger partial charge in [-0.2, -0.15) is 0 Å². The van der Waals surface area contributed by atoms with E-state index in [1.165, 1.54) is 16.9 Å². The van der Waals surface area contributed by atoms with Crippen molar-refractivity contribution in [3.63, 3.8) is 0 Å². The first-order valence-corrected chi connectivity index (χ1v) is 7.53. The van der Waals surface area contributed by atoms with Crippen LogP contribution in [0.25, 0.3) is 0 Å². The SMILES string of the molecule is Cc1ccncc1N1CCN(C(=O)c2cscn2)CC1. The predicted octanol–water partition coefficient (Wildman–Crippen LogP) is 1.81. The third-order valence-electron chi connectivity index (χ3n) is 3.57. The van der Waals surface area contributed by atoms with Crippen LogP contribution in [0.15, 0.2) is 29.4 Å². The van der Waals surface area contributed by atoms with Crippen LogP contribution in [0.5, 0.6) is 0 Å². The number of hydrogen-bond acceptors (Lipinski definition) is 5. The van der Waals surface area contributed by atoms with Crippen LogP contribution in [0.4, 0.5) is 5.69 Å². The van der Waals surface area contributed by atoms with Gasteiger partial charge < -0.3 is 9.80 Å². The Morgan fingerprint density at radius 1 is 1.30 bits per heavy atom. The van der Waals surface area contributed by atoms with Gasteiger partial charge in [0, 0.05) is 37.8 Å². The predicted molar refractivity (Wildman–Crippen MR) is 79.2 cm³/mol. The smallest absolute Gasteiger partial charge is 0.273 e. The molecular weight excluding hydrogens is 272 g/mol. The Morgan fingerprint density at radius 3 is 2.75 bits per heavy atom. The van der Waals surface area contributed by atoms with E-state index in [9.17, 15) is 4.79 Å². The summed E-state index contributed by atoms with van der Waals surface area (Å²) in [5.74, 6) is 0.0359. The van der Waals surface area contributed by atoms with Crippen LogP contribution < -0.4 is 4.90 Å². The summed E-state index contributed by atoms with van der Waals surface area (Å²) in [5, 5.41) is 1.81. The molecule has 0 aliphatic carbocycles.